The molecule has 0 aliphatic carbocycles. The molecule has 0 bridgehead atoms. The van der Waals surface area contributed by atoms with Crippen molar-refractivity contribution in [1.82, 2.24) is 10.3 Å². The number of aryl methyl sites for hydroxylation is 3. The minimum Gasteiger partial charge on any atom is -0.480 e. The Kier molecular flexibility index (Phi) is 8.63. The lowest BCUT2D eigenvalue weighted by Crippen LogP contribution is -2.50. The van der Waals surface area contributed by atoms with Crippen molar-refractivity contribution in [2.24, 2.45) is 0 Å². The van der Waals surface area contributed by atoms with Crippen molar-refractivity contribution in [2.45, 2.75) is 66.2 Å². The molecule has 0 saturated carbocycles. The number of carboxylic acid groups (broad SMARTS) is 1. The first-order valence-corrected chi connectivity index (χ1v) is 11.1. The number of urea groups is 1. The number of aromatic nitrogens is 1. The summed E-state index contributed by atoms with van der Waals surface area (Å²) >= 11 is 6.03. The number of ether oxygens (including phenoxy) is 1. The molecule has 1 heterocycles. The monoisotopic (exact) mass is 490 g/mol. The smallest absolute Gasteiger partial charge is 0.328 e. The number of carbonyl (C=O) groups is 3. The van der Waals surface area contributed by atoms with Gasteiger partial charge in [0.1, 0.15) is 0 Å². The summed E-state index contributed by atoms with van der Waals surface area (Å²) in [6.45, 7) is 12.6. The summed E-state index contributed by atoms with van der Waals surface area (Å²) < 4.78 is 5.69. The fourth-order valence-corrected chi connectivity index (χ4v) is 3.73. The maximum atomic E-state index is 12.9. The zero-order valence-corrected chi connectivity index (χ0v) is 21.1. The predicted octanol–water partition coefficient (Wildman–Crippen LogP) is 4.69. The van der Waals surface area contributed by atoms with Crippen LogP contribution in [0.4, 0.5) is 16.2 Å². The first-order chi connectivity index (χ1) is 15.7. The summed E-state index contributed by atoms with van der Waals surface area (Å²) in [7, 11) is 0. The number of hydrogen-bond acceptors (Lipinski definition) is 5. The number of nitrogens with one attached hydrogen (secondary N) is 3. The van der Waals surface area contributed by atoms with Gasteiger partial charge in [-0.3, -0.25) is 4.79 Å². The molecule has 2 rings (SSSR count). The van der Waals surface area contributed by atoms with Crippen LogP contribution in [0, 0.1) is 20.8 Å². The number of rotatable bonds is 7. The average molecular weight is 491 g/mol. The maximum absolute atomic E-state index is 12.9. The molecule has 184 valence electrons. The summed E-state index contributed by atoms with van der Waals surface area (Å²) in [5, 5.41) is 17.6. The lowest BCUT2D eigenvalue weighted by molar-refractivity contribution is -0.146. The van der Waals surface area contributed by atoms with Gasteiger partial charge in [0, 0.05) is 11.9 Å². The molecule has 10 heteroatoms. The number of aliphatic carboxylic acids is 1. The van der Waals surface area contributed by atoms with Crippen LogP contribution in [0.1, 0.15) is 54.9 Å². The van der Waals surface area contributed by atoms with Gasteiger partial charge in [-0.2, -0.15) is 0 Å². The van der Waals surface area contributed by atoms with Gasteiger partial charge in [0.2, 0.25) is 0 Å². The fraction of sp³-hybridized carbons (Fsp3) is 0.417. The van der Waals surface area contributed by atoms with E-state index < -0.39 is 35.7 Å². The molecule has 0 radical (unpaired) electrons. The average Bonchev–Trinajstić information content (AvgIpc) is 2.67. The number of pyridine rings is 1. The van der Waals surface area contributed by atoms with Crippen molar-refractivity contribution < 1.29 is 24.2 Å². The van der Waals surface area contributed by atoms with Crippen LogP contribution in [0.15, 0.2) is 24.4 Å². The molecule has 2 aromatic rings. The maximum Gasteiger partial charge on any atom is 0.328 e. The highest BCUT2D eigenvalue weighted by atomic mass is 35.5. The van der Waals surface area contributed by atoms with Gasteiger partial charge in [-0.15, -0.1) is 0 Å². The highest BCUT2D eigenvalue weighted by Gasteiger charge is 2.31. The van der Waals surface area contributed by atoms with Crippen molar-refractivity contribution in [2.75, 3.05) is 10.6 Å². The standard InChI is InChI=1S/C24H31ClN4O5/c1-12-8-13(2)18(14(3)9-12)29-23(33)27-17-10-16(25)11-26-20(17)21(30)28-19(22(31)32)15(4)34-24(5,6)7/h8-11,15,19H,1-7H3,(H,28,30)(H,31,32)(H2,27,29,33)/t15-,19+/m1/s1. The minimum atomic E-state index is -1.34. The van der Waals surface area contributed by atoms with Crippen LogP contribution in [0.25, 0.3) is 0 Å². The molecule has 0 unspecified atom stereocenters. The van der Waals surface area contributed by atoms with Crippen LogP contribution in [0.2, 0.25) is 5.02 Å². The van der Waals surface area contributed by atoms with E-state index in [1.54, 1.807) is 27.7 Å². The first kappa shape index (κ1) is 27.1. The number of anilines is 2. The summed E-state index contributed by atoms with van der Waals surface area (Å²) in [5.41, 5.74) is 2.69. The molecule has 1 aromatic heterocycles. The Morgan fingerprint density at radius 3 is 2.18 bits per heavy atom. The fourth-order valence-electron chi connectivity index (χ4n) is 3.57. The number of benzene rings is 1. The molecule has 1 aromatic carbocycles. The second kappa shape index (κ2) is 10.8. The molecule has 0 aliphatic rings. The second-order valence-corrected chi connectivity index (χ2v) is 9.56. The van der Waals surface area contributed by atoms with Gasteiger partial charge in [0.05, 0.1) is 22.4 Å². The number of halogens is 1. The Hall–Kier alpha value is -3.17. The van der Waals surface area contributed by atoms with Crippen LogP contribution in [-0.4, -0.2) is 45.7 Å². The molecule has 0 saturated heterocycles. The lowest BCUT2D eigenvalue weighted by Gasteiger charge is -2.29. The van der Waals surface area contributed by atoms with Gasteiger partial charge in [0.25, 0.3) is 5.91 Å². The van der Waals surface area contributed by atoms with Crippen molar-refractivity contribution in [3.63, 3.8) is 0 Å². The van der Waals surface area contributed by atoms with Gasteiger partial charge >= 0.3 is 12.0 Å². The summed E-state index contributed by atoms with van der Waals surface area (Å²) in [6.07, 6.45) is 0.402. The van der Waals surface area contributed by atoms with E-state index in [0.29, 0.717) is 5.69 Å². The molecule has 3 amide bonds. The molecule has 0 aliphatic heterocycles. The topological polar surface area (TPSA) is 130 Å². The zero-order chi connectivity index (χ0) is 25.8. The van der Waals surface area contributed by atoms with E-state index in [2.05, 4.69) is 20.9 Å². The number of carbonyl (C=O) groups excluding carboxylic acids is 2. The summed E-state index contributed by atoms with van der Waals surface area (Å²) in [4.78, 5) is 41.5. The summed E-state index contributed by atoms with van der Waals surface area (Å²) in [5.74, 6) is -2.07. The third-order valence-corrected chi connectivity index (χ3v) is 5.00. The molecule has 9 nitrogen and oxygen atoms in total. The number of nitrogens with zero attached hydrogens (tertiary/aromatic N) is 1. The molecule has 4 N–H and O–H groups in total. The first-order valence-electron chi connectivity index (χ1n) is 10.7. The summed E-state index contributed by atoms with van der Waals surface area (Å²) in [6, 6.07) is 3.30. The molecular formula is C24H31ClN4O5. The minimum absolute atomic E-state index is 0.0263. The SMILES string of the molecule is Cc1cc(C)c(NC(=O)Nc2cc(Cl)cnc2C(=O)N[C@H](C(=O)O)[C@@H](C)OC(C)(C)C)c(C)c1. The molecule has 0 fully saturated rings. The van der Waals surface area contributed by atoms with E-state index in [1.807, 2.05) is 32.9 Å². The van der Waals surface area contributed by atoms with Crippen molar-refractivity contribution in [3.8, 4) is 0 Å². The number of amides is 3. The van der Waals surface area contributed by atoms with Crippen LogP contribution in [-0.2, 0) is 9.53 Å². The number of hydrogen-bond donors (Lipinski definition) is 4. The van der Waals surface area contributed by atoms with Gasteiger partial charge in [-0.1, -0.05) is 29.3 Å². The molecule has 34 heavy (non-hydrogen) atoms. The van der Waals surface area contributed by atoms with Crippen molar-refractivity contribution in [1.29, 1.82) is 0 Å². The Morgan fingerprint density at radius 2 is 1.65 bits per heavy atom. The van der Waals surface area contributed by atoms with Crippen LogP contribution in [0.3, 0.4) is 0 Å². The Balaban J connectivity index is 2.26. The van der Waals surface area contributed by atoms with E-state index in [4.69, 9.17) is 16.3 Å². The predicted molar refractivity (Wildman–Crippen MR) is 132 cm³/mol. The van der Waals surface area contributed by atoms with Crippen LogP contribution < -0.4 is 16.0 Å². The van der Waals surface area contributed by atoms with Crippen molar-refractivity contribution >= 4 is 40.9 Å². The van der Waals surface area contributed by atoms with Crippen LogP contribution >= 0.6 is 11.6 Å². The van der Waals surface area contributed by atoms with Crippen LogP contribution in [0.5, 0.6) is 0 Å². The van der Waals surface area contributed by atoms with Gasteiger partial charge in [-0.05, 0) is 65.7 Å². The second-order valence-electron chi connectivity index (χ2n) is 9.13. The van der Waals surface area contributed by atoms with Gasteiger partial charge in [-0.25, -0.2) is 14.6 Å². The lowest BCUT2D eigenvalue weighted by atomic mass is 10.1. The largest absolute Gasteiger partial charge is 0.480 e. The third-order valence-electron chi connectivity index (χ3n) is 4.79. The zero-order valence-electron chi connectivity index (χ0n) is 20.4. The molecular weight excluding hydrogens is 460 g/mol. The van der Waals surface area contributed by atoms with E-state index in [1.165, 1.54) is 12.3 Å². The normalized spacial score (nSPS) is 13.1. The Morgan fingerprint density at radius 1 is 1.06 bits per heavy atom. The van der Waals surface area contributed by atoms with E-state index in [-0.39, 0.29) is 16.4 Å². The quantitative estimate of drug-likeness (QED) is 0.445. The number of carboxylic acids is 1. The highest BCUT2D eigenvalue weighted by Crippen LogP contribution is 2.24. The van der Waals surface area contributed by atoms with Crippen molar-refractivity contribution in [3.05, 3.63) is 51.8 Å². The Labute approximate surface area is 204 Å². The highest BCUT2D eigenvalue weighted by molar-refractivity contribution is 6.31. The molecule has 0 spiro atoms. The van der Waals surface area contributed by atoms with Gasteiger partial charge < -0.3 is 25.8 Å². The third kappa shape index (κ3) is 7.43. The van der Waals surface area contributed by atoms with E-state index in [9.17, 15) is 19.5 Å². The Bertz CT molecular complexity index is 1070. The van der Waals surface area contributed by atoms with E-state index >= 15 is 0 Å². The molecule has 2 atom stereocenters. The van der Waals surface area contributed by atoms with Gasteiger partial charge in [0.15, 0.2) is 11.7 Å². The van der Waals surface area contributed by atoms with E-state index in [0.717, 1.165) is 16.7 Å².